The number of rotatable bonds is 6. The van der Waals surface area contributed by atoms with Gasteiger partial charge in [-0.05, 0) is 33.2 Å². The molecule has 0 aliphatic carbocycles. The topological polar surface area (TPSA) is 77.7 Å². The van der Waals surface area contributed by atoms with E-state index in [-0.39, 0.29) is 24.7 Å². The lowest BCUT2D eigenvalue weighted by atomic mass is 10.2. The van der Waals surface area contributed by atoms with Crippen molar-refractivity contribution < 1.29 is 14.3 Å². The summed E-state index contributed by atoms with van der Waals surface area (Å²) in [4.78, 5) is 13.5. The molecule has 6 nitrogen and oxygen atoms in total. The van der Waals surface area contributed by atoms with Crippen LogP contribution in [0, 0.1) is 0 Å². The van der Waals surface area contributed by atoms with Gasteiger partial charge in [-0.25, -0.2) is 4.79 Å². The normalized spacial score (nSPS) is 14.3. The van der Waals surface area contributed by atoms with Crippen LogP contribution in [0.15, 0.2) is 22.8 Å². The van der Waals surface area contributed by atoms with E-state index in [1.807, 2.05) is 31.1 Å². The van der Waals surface area contributed by atoms with Crippen molar-refractivity contribution in [2.75, 3.05) is 27.2 Å². The van der Waals surface area contributed by atoms with Gasteiger partial charge in [-0.1, -0.05) is 0 Å². The Hall–Kier alpha value is -1.53. The van der Waals surface area contributed by atoms with Gasteiger partial charge >= 0.3 is 6.03 Å². The van der Waals surface area contributed by atoms with Crippen LogP contribution in [0.5, 0.6) is 0 Å². The number of nitrogens with zero attached hydrogens (tertiary/aromatic N) is 1. The Kier molecular flexibility index (Phi) is 5.67. The molecule has 2 unspecified atom stereocenters. The number of hydrogen-bond acceptors (Lipinski definition) is 4. The molecule has 2 amide bonds. The number of aliphatic hydroxyl groups is 1. The minimum Gasteiger partial charge on any atom is -0.468 e. The summed E-state index contributed by atoms with van der Waals surface area (Å²) in [6.45, 7) is 2.09. The van der Waals surface area contributed by atoms with E-state index in [0.29, 0.717) is 6.54 Å². The van der Waals surface area contributed by atoms with Crippen molar-refractivity contribution in [3.8, 4) is 0 Å². The molecule has 0 spiro atoms. The van der Waals surface area contributed by atoms with Crippen LogP contribution in [0.25, 0.3) is 0 Å². The molecule has 0 saturated carbocycles. The number of amides is 2. The zero-order valence-corrected chi connectivity index (χ0v) is 11.0. The van der Waals surface area contributed by atoms with Crippen LogP contribution in [0.2, 0.25) is 0 Å². The average molecular weight is 255 g/mol. The van der Waals surface area contributed by atoms with E-state index >= 15 is 0 Å². The summed E-state index contributed by atoms with van der Waals surface area (Å²) in [6.07, 6.45) is 1.61. The molecular weight excluding hydrogens is 234 g/mol. The number of nitrogens with one attached hydrogen (secondary N) is 2. The summed E-state index contributed by atoms with van der Waals surface area (Å²) >= 11 is 0. The zero-order valence-electron chi connectivity index (χ0n) is 11.0. The molecule has 6 heteroatoms. The molecule has 3 N–H and O–H groups in total. The van der Waals surface area contributed by atoms with Crippen LogP contribution in [0.1, 0.15) is 18.7 Å². The molecule has 0 aliphatic rings. The molecule has 1 aromatic heterocycles. The summed E-state index contributed by atoms with van der Waals surface area (Å²) in [7, 11) is 3.84. The highest BCUT2D eigenvalue weighted by molar-refractivity contribution is 5.74. The fraction of sp³-hybridized carbons (Fsp3) is 0.583. The zero-order chi connectivity index (χ0) is 13.5. The molecule has 0 fully saturated rings. The molecule has 0 radical (unpaired) electrons. The molecule has 0 bridgehead atoms. The highest BCUT2D eigenvalue weighted by atomic mass is 16.3. The first-order chi connectivity index (χ1) is 8.54. The Morgan fingerprint density at radius 3 is 2.78 bits per heavy atom. The Labute approximate surface area is 107 Å². The van der Waals surface area contributed by atoms with Gasteiger partial charge in [0, 0.05) is 6.54 Å². The Balaban J connectivity index is 2.46. The first kappa shape index (κ1) is 14.5. The number of aliphatic hydroxyl groups excluding tert-OH is 1. The van der Waals surface area contributed by atoms with Gasteiger partial charge in [-0.2, -0.15) is 0 Å². The second-order valence-corrected chi connectivity index (χ2v) is 4.43. The first-order valence-electron chi connectivity index (χ1n) is 5.89. The van der Waals surface area contributed by atoms with Crippen LogP contribution in [-0.2, 0) is 0 Å². The Morgan fingerprint density at radius 2 is 2.28 bits per heavy atom. The number of carbonyl (C=O) groups is 1. The average Bonchev–Trinajstić information content (AvgIpc) is 2.82. The quantitative estimate of drug-likeness (QED) is 0.694. The monoisotopic (exact) mass is 255 g/mol. The SMILES string of the molecule is CC(CO)NC(=O)NCC(c1ccco1)N(C)C. The number of urea groups is 1. The summed E-state index contributed by atoms with van der Waals surface area (Å²) in [5.41, 5.74) is 0. The fourth-order valence-electron chi connectivity index (χ4n) is 1.53. The van der Waals surface area contributed by atoms with E-state index in [0.717, 1.165) is 5.76 Å². The summed E-state index contributed by atoms with van der Waals surface area (Å²) < 4.78 is 5.34. The van der Waals surface area contributed by atoms with Crippen LogP contribution in [-0.4, -0.2) is 49.3 Å². The van der Waals surface area contributed by atoms with Crippen molar-refractivity contribution in [2.45, 2.75) is 19.0 Å². The van der Waals surface area contributed by atoms with Crippen molar-refractivity contribution in [1.29, 1.82) is 0 Å². The van der Waals surface area contributed by atoms with E-state index in [1.165, 1.54) is 0 Å². The first-order valence-corrected chi connectivity index (χ1v) is 5.89. The van der Waals surface area contributed by atoms with E-state index in [1.54, 1.807) is 13.2 Å². The minimum atomic E-state index is -0.296. The van der Waals surface area contributed by atoms with E-state index in [2.05, 4.69) is 10.6 Å². The van der Waals surface area contributed by atoms with Crippen LogP contribution in [0.3, 0.4) is 0 Å². The second kappa shape index (κ2) is 7.03. The van der Waals surface area contributed by atoms with Gasteiger partial charge in [0.1, 0.15) is 5.76 Å². The largest absolute Gasteiger partial charge is 0.468 e. The predicted octanol–water partition coefficient (Wildman–Crippen LogP) is 0.562. The molecular formula is C12H21N3O3. The lowest BCUT2D eigenvalue weighted by molar-refractivity contribution is 0.211. The maximum atomic E-state index is 11.5. The number of furan rings is 1. The van der Waals surface area contributed by atoms with Gasteiger partial charge in [-0.3, -0.25) is 4.90 Å². The van der Waals surface area contributed by atoms with Crippen LogP contribution >= 0.6 is 0 Å². The van der Waals surface area contributed by atoms with Crippen molar-refractivity contribution in [3.05, 3.63) is 24.2 Å². The molecule has 1 aromatic rings. The highest BCUT2D eigenvalue weighted by Gasteiger charge is 2.18. The van der Waals surface area contributed by atoms with Gasteiger partial charge in [0.05, 0.1) is 25.0 Å². The molecule has 2 atom stereocenters. The summed E-state index contributed by atoms with van der Waals surface area (Å²) in [5.74, 6) is 0.801. The lowest BCUT2D eigenvalue weighted by Gasteiger charge is -2.23. The Bertz CT molecular complexity index is 351. The third-order valence-corrected chi connectivity index (χ3v) is 2.60. The van der Waals surface area contributed by atoms with E-state index in [4.69, 9.17) is 9.52 Å². The maximum Gasteiger partial charge on any atom is 0.315 e. The van der Waals surface area contributed by atoms with Crippen LogP contribution < -0.4 is 10.6 Å². The molecule has 0 saturated heterocycles. The van der Waals surface area contributed by atoms with Crippen molar-refractivity contribution in [2.24, 2.45) is 0 Å². The summed E-state index contributed by atoms with van der Waals surface area (Å²) in [6, 6.07) is 3.12. The molecule has 0 aliphatic heterocycles. The van der Waals surface area contributed by atoms with E-state index in [9.17, 15) is 4.79 Å². The molecule has 0 aromatic carbocycles. The molecule has 1 rings (SSSR count). The number of hydrogen-bond donors (Lipinski definition) is 3. The minimum absolute atomic E-state index is 0.0183. The molecule has 18 heavy (non-hydrogen) atoms. The van der Waals surface area contributed by atoms with E-state index < -0.39 is 0 Å². The van der Waals surface area contributed by atoms with Crippen molar-refractivity contribution >= 4 is 6.03 Å². The van der Waals surface area contributed by atoms with Crippen LogP contribution in [0.4, 0.5) is 4.79 Å². The van der Waals surface area contributed by atoms with Crippen molar-refractivity contribution in [1.82, 2.24) is 15.5 Å². The summed E-state index contributed by atoms with van der Waals surface area (Å²) in [5, 5.41) is 14.2. The fourth-order valence-corrected chi connectivity index (χ4v) is 1.53. The molecule has 102 valence electrons. The Morgan fingerprint density at radius 1 is 1.56 bits per heavy atom. The standard InChI is InChI=1S/C12H21N3O3/c1-9(8-16)14-12(17)13-7-10(15(2)3)11-5-4-6-18-11/h4-6,9-10,16H,7-8H2,1-3H3,(H2,13,14,17). The maximum absolute atomic E-state index is 11.5. The highest BCUT2D eigenvalue weighted by Crippen LogP contribution is 2.17. The number of likely N-dealkylation sites (N-methyl/N-ethyl adjacent to an activating group) is 1. The van der Waals surface area contributed by atoms with Gasteiger partial charge in [0.25, 0.3) is 0 Å². The van der Waals surface area contributed by atoms with Gasteiger partial charge in [0.2, 0.25) is 0 Å². The smallest absolute Gasteiger partial charge is 0.315 e. The predicted molar refractivity (Wildman–Crippen MR) is 68.2 cm³/mol. The van der Waals surface area contributed by atoms with Gasteiger partial charge < -0.3 is 20.2 Å². The lowest BCUT2D eigenvalue weighted by Crippen LogP contribution is -2.44. The second-order valence-electron chi connectivity index (χ2n) is 4.43. The van der Waals surface area contributed by atoms with Gasteiger partial charge in [-0.15, -0.1) is 0 Å². The van der Waals surface area contributed by atoms with Gasteiger partial charge in [0.15, 0.2) is 0 Å². The third-order valence-electron chi connectivity index (χ3n) is 2.60. The third kappa shape index (κ3) is 4.38. The molecule has 1 heterocycles. The van der Waals surface area contributed by atoms with Crippen molar-refractivity contribution in [3.63, 3.8) is 0 Å². The number of carbonyl (C=O) groups excluding carboxylic acids is 1.